The van der Waals surface area contributed by atoms with Crippen molar-refractivity contribution in [3.63, 3.8) is 0 Å². The number of hydrogen-bond acceptors (Lipinski definition) is 4. The van der Waals surface area contributed by atoms with Crippen LogP contribution in [0.25, 0.3) is 0 Å². The zero-order valence-electron chi connectivity index (χ0n) is 15.5. The highest BCUT2D eigenvalue weighted by Gasteiger charge is 2.24. The lowest BCUT2D eigenvalue weighted by Gasteiger charge is -2.32. The summed E-state index contributed by atoms with van der Waals surface area (Å²) in [6, 6.07) is 8.16. The predicted molar refractivity (Wildman–Crippen MR) is 111 cm³/mol. The molecule has 2 aliphatic heterocycles. The quantitative estimate of drug-likeness (QED) is 0.768. The van der Waals surface area contributed by atoms with Crippen LogP contribution < -0.4 is 0 Å². The van der Waals surface area contributed by atoms with Gasteiger partial charge in [0.2, 0.25) is 0 Å². The van der Waals surface area contributed by atoms with Crippen molar-refractivity contribution in [1.82, 2.24) is 4.90 Å². The Morgan fingerprint density at radius 1 is 1.24 bits per heavy atom. The van der Waals surface area contributed by atoms with Gasteiger partial charge in [-0.3, -0.25) is 9.79 Å². The molecule has 0 spiro atoms. The fourth-order valence-corrected chi connectivity index (χ4v) is 5.41. The lowest BCUT2D eigenvalue weighted by molar-refractivity contribution is 0.0698. The number of rotatable bonds is 3. The summed E-state index contributed by atoms with van der Waals surface area (Å²) in [5.41, 5.74) is 2.21. The van der Waals surface area contributed by atoms with Crippen molar-refractivity contribution in [3.05, 3.63) is 35.4 Å². The number of carbonyl (C=O) groups is 1. The number of aliphatic imine (C=N–C) groups is 1. The Morgan fingerprint density at radius 3 is 2.48 bits per heavy atom. The molecule has 0 radical (unpaired) electrons. The number of piperidine rings is 1. The molecule has 0 unspecified atom stereocenters. The van der Waals surface area contributed by atoms with Crippen LogP contribution in [0, 0.1) is 5.92 Å². The van der Waals surface area contributed by atoms with Crippen molar-refractivity contribution < 1.29 is 4.79 Å². The minimum atomic E-state index is 0.124. The molecule has 0 atom stereocenters. The first-order chi connectivity index (χ1) is 11.9. The number of thioether (sulfide) groups is 2. The molecule has 0 saturated carbocycles. The van der Waals surface area contributed by atoms with E-state index in [0.717, 1.165) is 49.5 Å². The molecule has 25 heavy (non-hydrogen) atoms. The zero-order valence-corrected chi connectivity index (χ0v) is 17.1. The second kappa shape index (κ2) is 8.17. The van der Waals surface area contributed by atoms with Gasteiger partial charge in [0.15, 0.2) is 0 Å². The van der Waals surface area contributed by atoms with Crippen molar-refractivity contribution >= 4 is 33.8 Å². The molecule has 1 aromatic rings. The lowest BCUT2D eigenvalue weighted by atomic mass is 9.86. The fraction of sp³-hybridized carbons (Fsp3) is 0.600. The molecule has 1 fully saturated rings. The zero-order chi connectivity index (χ0) is 17.9. The highest BCUT2D eigenvalue weighted by Crippen LogP contribution is 2.28. The van der Waals surface area contributed by atoms with Crippen LogP contribution in [-0.4, -0.2) is 46.3 Å². The third-order valence-corrected chi connectivity index (χ3v) is 7.38. The molecule has 2 aliphatic rings. The molecule has 5 heteroatoms. The molecule has 1 amide bonds. The van der Waals surface area contributed by atoms with Crippen LogP contribution in [0.2, 0.25) is 0 Å². The van der Waals surface area contributed by atoms with Crippen LogP contribution in [0.1, 0.15) is 49.5 Å². The molecular formula is C20H28N2OS2. The Morgan fingerprint density at radius 2 is 1.92 bits per heavy atom. The molecule has 136 valence electrons. The molecule has 0 N–H and O–H groups in total. The third-order valence-electron chi connectivity index (χ3n) is 4.90. The minimum Gasteiger partial charge on any atom is -0.339 e. The summed E-state index contributed by atoms with van der Waals surface area (Å²) in [6.07, 6.45) is 2.22. The van der Waals surface area contributed by atoms with Crippen molar-refractivity contribution in [2.75, 3.05) is 31.1 Å². The number of benzene rings is 1. The van der Waals surface area contributed by atoms with Gasteiger partial charge in [0.05, 0.1) is 6.54 Å². The van der Waals surface area contributed by atoms with Gasteiger partial charge < -0.3 is 4.90 Å². The van der Waals surface area contributed by atoms with E-state index in [1.807, 2.05) is 40.6 Å². The van der Waals surface area contributed by atoms with Crippen molar-refractivity contribution in [1.29, 1.82) is 0 Å². The van der Waals surface area contributed by atoms with E-state index in [2.05, 4.69) is 37.9 Å². The lowest BCUT2D eigenvalue weighted by Crippen LogP contribution is -2.39. The smallest absolute Gasteiger partial charge is 0.253 e. The summed E-state index contributed by atoms with van der Waals surface area (Å²) in [5.74, 6) is 3.18. The molecule has 1 aromatic carbocycles. The second-order valence-corrected chi connectivity index (χ2v) is 10.2. The normalized spacial score (nSPS) is 19.2. The predicted octanol–water partition coefficient (Wildman–Crippen LogP) is 4.67. The van der Waals surface area contributed by atoms with E-state index in [4.69, 9.17) is 0 Å². The maximum absolute atomic E-state index is 12.7. The van der Waals surface area contributed by atoms with E-state index in [1.54, 1.807) is 0 Å². The summed E-state index contributed by atoms with van der Waals surface area (Å²) >= 11 is 3.79. The van der Waals surface area contributed by atoms with Gasteiger partial charge in [-0.25, -0.2) is 0 Å². The Labute approximate surface area is 160 Å². The average Bonchev–Trinajstić information content (AvgIpc) is 3.13. The van der Waals surface area contributed by atoms with Gasteiger partial charge in [-0.2, -0.15) is 0 Å². The number of nitrogens with zero attached hydrogens (tertiary/aromatic N) is 2. The number of hydrogen-bond donors (Lipinski definition) is 0. The molecular weight excluding hydrogens is 348 g/mol. The topological polar surface area (TPSA) is 32.7 Å². The van der Waals surface area contributed by atoms with Crippen LogP contribution in [0.5, 0.6) is 0 Å². The maximum atomic E-state index is 12.7. The monoisotopic (exact) mass is 376 g/mol. The fourth-order valence-electron chi connectivity index (χ4n) is 3.19. The molecule has 1 saturated heterocycles. The van der Waals surface area contributed by atoms with E-state index in [9.17, 15) is 4.79 Å². The van der Waals surface area contributed by atoms with Crippen molar-refractivity contribution in [3.8, 4) is 0 Å². The van der Waals surface area contributed by atoms with E-state index < -0.39 is 0 Å². The summed E-state index contributed by atoms with van der Waals surface area (Å²) in [7, 11) is 0. The summed E-state index contributed by atoms with van der Waals surface area (Å²) in [5, 5.41) is 0. The molecule has 0 aliphatic carbocycles. The minimum absolute atomic E-state index is 0.124. The highest BCUT2D eigenvalue weighted by atomic mass is 32.2. The Kier molecular flexibility index (Phi) is 6.16. The molecule has 0 bridgehead atoms. The maximum Gasteiger partial charge on any atom is 0.253 e. The number of carbonyl (C=O) groups excluding carboxylic acids is 1. The van der Waals surface area contributed by atoms with Crippen LogP contribution in [0.15, 0.2) is 29.3 Å². The summed E-state index contributed by atoms with van der Waals surface area (Å²) in [4.78, 5) is 19.3. The van der Waals surface area contributed by atoms with E-state index >= 15 is 0 Å². The Hall–Kier alpha value is -0.940. The van der Waals surface area contributed by atoms with E-state index in [0.29, 0.717) is 5.92 Å². The SMILES string of the molecule is CC(C)(C)c1ccc(C(=O)N2CCC(CSC3=NCCS3)CC2)cc1. The van der Waals surface area contributed by atoms with Crippen LogP contribution in [0.3, 0.4) is 0 Å². The van der Waals surface area contributed by atoms with Gasteiger partial charge in [0.25, 0.3) is 5.91 Å². The molecule has 0 aromatic heterocycles. The number of likely N-dealkylation sites (tertiary alicyclic amines) is 1. The molecule has 3 rings (SSSR count). The van der Waals surface area contributed by atoms with Crippen LogP contribution >= 0.6 is 23.5 Å². The van der Waals surface area contributed by atoms with Crippen LogP contribution in [-0.2, 0) is 5.41 Å². The standard InChI is InChI=1S/C20H28N2OS2/c1-20(2,3)17-6-4-16(5-7-17)18(23)22-11-8-15(9-12-22)14-25-19-21-10-13-24-19/h4-7,15H,8-14H2,1-3H3. The first-order valence-corrected chi connectivity index (χ1v) is 11.1. The molecule has 3 nitrogen and oxygen atoms in total. The van der Waals surface area contributed by atoms with Gasteiger partial charge in [0.1, 0.15) is 4.38 Å². The van der Waals surface area contributed by atoms with Gasteiger partial charge in [-0.05, 0) is 41.9 Å². The van der Waals surface area contributed by atoms with Crippen LogP contribution in [0.4, 0.5) is 0 Å². The first kappa shape index (κ1) is 18.8. The molecule has 2 heterocycles. The Balaban J connectivity index is 1.49. The number of amides is 1. The van der Waals surface area contributed by atoms with Gasteiger partial charge >= 0.3 is 0 Å². The van der Waals surface area contributed by atoms with Crippen molar-refractivity contribution in [2.24, 2.45) is 10.9 Å². The van der Waals surface area contributed by atoms with Gasteiger partial charge in [0, 0.05) is 30.2 Å². The van der Waals surface area contributed by atoms with E-state index in [1.165, 1.54) is 9.94 Å². The third kappa shape index (κ3) is 5.04. The second-order valence-electron chi connectivity index (χ2n) is 7.87. The summed E-state index contributed by atoms with van der Waals surface area (Å²) < 4.78 is 1.26. The Bertz CT molecular complexity index is 626. The summed E-state index contributed by atoms with van der Waals surface area (Å²) in [6.45, 7) is 9.33. The van der Waals surface area contributed by atoms with Gasteiger partial charge in [-0.1, -0.05) is 56.4 Å². The van der Waals surface area contributed by atoms with E-state index in [-0.39, 0.29) is 11.3 Å². The van der Waals surface area contributed by atoms with Crippen molar-refractivity contribution in [2.45, 2.75) is 39.0 Å². The largest absolute Gasteiger partial charge is 0.339 e. The average molecular weight is 377 g/mol. The van der Waals surface area contributed by atoms with Gasteiger partial charge in [-0.15, -0.1) is 0 Å². The highest BCUT2D eigenvalue weighted by molar-refractivity contribution is 8.39. The first-order valence-electron chi connectivity index (χ1n) is 9.13.